The molecule has 1 aromatic carbocycles. The first-order valence-corrected chi connectivity index (χ1v) is 11.1. The zero-order valence-corrected chi connectivity index (χ0v) is 18.3. The fourth-order valence-electron chi connectivity index (χ4n) is 3.61. The number of H-pyrrole nitrogens is 1. The van der Waals surface area contributed by atoms with Gasteiger partial charge in [-0.3, -0.25) is 4.79 Å². The lowest BCUT2D eigenvalue weighted by Crippen LogP contribution is -2.23. The van der Waals surface area contributed by atoms with E-state index in [4.69, 9.17) is 4.74 Å². The van der Waals surface area contributed by atoms with Crippen LogP contribution in [-0.2, 0) is 4.79 Å². The predicted molar refractivity (Wildman–Crippen MR) is 120 cm³/mol. The highest BCUT2D eigenvalue weighted by Gasteiger charge is 2.18. The van der Waals surface area contributed by atoms with Crippen LogP contribution in [0.1, 0.15) is 65.2 Å². The van der Waals surface area contributed by atoms with Crippen LogP contribution in [0.4, 0.5) is 5.69 Å². The number of amides is 1. The minimum absolute atomic E-state index is 0.0920. The Bertz CT molecular complexity index is 897. The van der Waals surface area contributed by atoms with Gasteiger partial charge in [0.05, 0.1) is 7.11 Å². The molecular weight excluding hydrogens is 378 g/mol. The average Bonchev–Trinajstić information content (AvgIpc) is 3.32. The smallest absolute Gasteiger partial charge is 0.236 e. The summed E-state index contributed by atoms with van der Waals surface area (Å²) in [6.45, 7) is 4.38. The van der Waals surface area contributed by atoms with Gasteiger partial charge in [-0.2, -0.15) is 0 Å². The molecule has 0 spiro atoms. The number of methoxy groups -OCH3 is 1. The molecule has 162 valence electrons. The van der Waals surface area contributed by atoms with Crippen molar-refractivity contribution in [3.63, 3.8) is 0 Å². The van der Waals surface area contributed by atoms with Crippen molar-refractivity contribution in [2.24, 2.45) is 5.92 Å². The van der Waals surface area contributed by atoms with E-state index in [2.05, 4.69) is 34.3 Å². The van der Waals surface area contributed by atoms with Gasteiger partial charge < -0.3 is 15.0 Å². The highest BCUT2D eigenvalue weighted by molar-refractivity contribution is 5.92. The maximum atomic E-state index is 12.8. The van der Waals surface area contributed by atoms with Gasteiger partial charge >= 0.3 is 0 Å². The molecule has 2 aromatic heterocycles. The molecule has 30 heavy (non-hydrogen) atoms. The minimum Gasteiger partial charge on any atom is -0.480 e. The van der Waals surface area contributed by atoms with Crippen LogP contribution >= 0.6 is 0 Å². The lowest BCUT2D eigenvalue weighted by Gasteiger charge is -2.16. The van der Waals surface area contributed by atoms with Crippen LogP contribution in [0.25, 0.3) is 17.0 Å². The van der Waals surface area contributed by atoms with Crippen molar-refractivity contribution in [3.05, 3.63) is 30.3 Å². The minimum atomic E-state index is 0.0920. The molecule has 7 heteroatoms. The van der Waals surface area contributed by atoms with E-state index >= 15 is 0 Å². The molecule has 3 aromatic rings. The summed E-state index contributed by atoms with van der Waals surface area (Å²) in [4.78, 5) is 16.1. The van der Waals surface area contributed by atoms with E-state index in [1.54, 1.807) is 13.2 Å². The van der Waals surface area contributed by atoms with E-state index in [0.717, 1.165) is 54.8 Å². The molecule has 1 unspecified atom stereocenters. The highest BCUT2D eigenvalue weighted by atomic mass is 16.5. The number of carbonyl (C=O) groups excluding carboxylic acids is 1. The van der Waals surface area contributed by atoms with Gasteiger partial charge in [0.1, 0.15) is 0 Å². The van der Waals surface area contributed by atoms with Gasteiger partial charge in [0.15, 0.2) is 11.5 Å². The van der Waals surface area contributed by atoms with E-state index < -0.39 is 0 Å². The Labute approximate surface area is 178 Å². The number of rotatable bonds is 12. The molecule has 0 aliphatic carbocycles. The Balaban J connectivity index is 1.61. The first-order chi connectivity index (χ1) is 14.6. The summed E-state index contributed by atoms with van der Waals surface area (Å²) in [5.41, 5.74) is 2.51. The molecule has 1 atom stereocenters. The summed E-state index contributed by atoms with van der Waals surface area (Å²) in [5.74, 6) is 1.46. The van der Waals surface area contributed by atoms with Crippen molar-refractivity contribution in [2.45, 2.75) is 65.2 Å². The molecule has 2 N–H and O–H groups in total. The zero-order chi connectivity index (χ0) is 21.3. The summed E-state index contributed by atoms with van der Waals surface area (Å²) >= 11 is 0. The standard InChI is InChI=1S/C23H33N5O2/c1-4-6-8-9-11-18(10-7-5-2)23(29)24-19-14-12-17(13-15-19)22-25-20-16-21(30-3)26-28(20)27-22/h12-16,18H,4-11H2,1-3H3,(H,24,29)(H,25,27). The van der Waals surface area contributed by atoms with Crippen LogP contribution in [-0.4, -0.2) is 32.8 Å². The molecule has 0 fully saturated rings. The third-order valence-corrected chi connectivity index (χ3v) is 5.43. The number of nitrogens with one attached hydrogen (secondary N) is 2. The number of unbranched alkanes of at least 4 members (excludes halogenated alkanes) is 4. The monoisotopic (exact) mass is 411 g/mol. The van der Waals surface area contributed by atoms with Crippen LogP contribution < -0.4 is 10.1 Å². The van der Waals surface area contributed by atoms with Gasteiger partial charge in [-0.05, 0) is 37.1 Å². The van der Waals surface area contributed by atoms with Crippen molar-refractivity contribution in [3.8, 4) is 17.3 Å². The lowest BCUT2D eigenvalue weighted by molar-refractivity contribution is -0.120. The van der Waals surface area contributed by atoms with Gasteiger partial charge in [0, 0.05) is 23.2 Å². The van der Waals surface area contributed by atoms with Gasteiger partial charge in [0.2, 0.25) is 11.8 Å². The van der Waals surface area contributed by atoms with Crippen LogP contribution in [0.5, 0.6) is 5.88 Å². The number of carbonyl (C=O) groups is 1. The number of anilines is 1. The quantitative estimate of drug-likeness (QED) is 0.388. The van der Waals surface area contributed by atoms with Gasteiger partial charge in [-0.15, -0.1) is 14.8 Å². The summed E-state index contributed by atoms with van der Waals surface area (Å²) in [5, 5.41) is 11.7. The average molecular weight is 412 g/mol. The molecule has 2 heterocycles. The fraction of sp³-hybridized carbons (Fsp3) is 0.522. The Morgan fingerprint density at radius 1 is 1.07 bits per heavy atom. The molecule has 0 aliphatic heterocycles. The number of benzene rings is 1. The number of nitrogens with zero attached hydrogens (tertiary/aromatic N) is 3. The van der Waals surface area contributed by atoms with Crippen molar-refractivity contribution >= 4 is 17.2 Å². The lowest BCUT2D eigenvalue weighted by atomic mass is 9.94. The molecule has 7 nitrogen and oxygen atoms in total. The van der Waals surface area contributed by atoms with Crippen molar-refractivity contribution < 1.29 is 9.53 Å². The SMILES string of the molecule is CCCCCCC(CCCC)C(=O)Nc1ccc(-c2nn3nc(OC)cc3[nH]2)cc1. The second kappa shape index (κ2) is 10.8. The second-order valence-corrected chi connectivity index (χ2v) is 7.79. The number of aromatic nitrogens is 4. The predicted octanol–water partition coefficient (Wildman–Crippen LogP) is 5.45. The Morgan fingerprint density at radius 3 is 2.47 bits per heavy atom. The molecule has 0 radical (unpaired) electrons. The van der Waals surface area contributed by atoms with Gasteiger partial charge in [-0.1, -0.05) is 52.4 Å². The summed E-state index contributed by atoms with van der Waals surface area (Å²) in [6.07, 6.45) is 8.93. The third kappa shape index (κ3) is 5.62. The second-order valence-electron chi connectivity index (χ2n) is 7.79. The van der Waals surface area contributed by atoms with Crippen LogP contribution in [0.15, 0.2) is 30.3 Å². The number of hydrogen-bond donors (Lipinski definition) is 2. The number of aromatic amines is 1. The number of fused-ring (bicyclic) bond motifs is 1. The molecule has 0 saturated heterocycles. The Morgan fingerprint density at radius 2 is 1.80 bits per heavy atom. The first kappa shape index (κ1) is 21.9. The summed E-state index contributed by atoms with van der Waals surface area (Å²) in [6, 6.07) is 9.54. The Kier molecular flexibility index (Phi) is 7.88. The third-order valence-electron chi connectivity index (χ3n) is 5.43. The van der Waals surface area contributed by atoms with Crippen LogP contribution in [0.3, 0.4) is 0 Å². The highest BCUT2D eigenvalue weighted by Crippen LogP contribution is 2.23. The number of hydrogen-bond acceptors (Lipinski definition) is 4. The first-order valence-electron chi connectivity index (χ1n) is 11.1. The largest absolute Gasteiger partial charge is 0.480 e. The van der Waals surface area contributed by atoms with Gasteiger partial charge in [-0.25, -0.2) is 0 Å². The van der Waals surface area contributed by atoms with Crippen LogP contribution in [0.2, 0.25) is 0 Å². The number of ether oxygens (including phenoxy) is 1. The zero-order valence-electron chi connectivity index (χ0n) is 18.3. The molecule has 0 aliphatic rings. The molecule has 0 saturated carbocycles. The van der Waals surface area contributed by atoms with E-state index in [1.165, 1.54) is 23.9 Å². The van der Waals surface area contributed by atoms with E-state index in [1.807, 2.05) is 24.3 Å². The van der Waals surface area contributed by atoms with Crippen molar-refractivity contribution in [2.75, 3.05) is 12.4 Å². The molecular formula is C23H33N5O2. The van der Waals surface area contributed by atoms with E-state index in [9.17, 15) is 4.79 Å². The summed E-state index contributed by atoms with van der Waals surface area (Å²) < 4.78 is 6.62. The maximum absolute atomic E-state index is 12.8. The molecule has 1 amide bonds. The van der Waals surface area contributed by atoms with Crippen molar-refractivity contribution in [1.29, 1.82) is 0 Å². The topological polar surface area (TPSA) is 84.3 Å². The fourth-order valence-corrected chi connectivity index (χ4v) is 3.61. The van der Waals surface area contributed by atoms with Crippen LogP contribution in [0, 0.1) is 5.92 Å². The maximum Gasteiger partial charge on any atom is 0.236 e. The van der Waals surface area contributed by atoms with E-state index in [0.29, 0.717) is 5.88 Å². The summed E-state index contributed by atoms with van der Waals surface area (Å²) in [7, 11) is 1.58. The normalized spacial score (nSPS) is 12.2. The van der Waals surface area contributed by atoms with Gasteiger partial charge in [0.25, 0.3) is 0 Å². The molecule has 0 bridgehead atoms. The van der Waals surface area contributed by atoms with Crippen molar-refractivity contribution in [1.82, 2.24) is 19.8 Å². The Hall–Kier alpha value is -2.83. The van der Waals surface area contributed by atoms with E-state index in [-0.39, 0.29) is 11.8 Å². The molecule has 3 rings (SSSR count).